The second-order valence-electron chi connectivity index (χ2n) is 4.70. The Morgan fingerprint density at radius 2 is 2.00 bits per heavy atom. The van der Waals surface area contributed by atoms with Crippen LogP contribution in [0.15, 0.2) is 54.9 Å². The first-order valence-corrected chi connectivity index (χ1v) is 6.30. The summed E-state index contributed by atoms with van der Waals surface area (Å²) in [6, 6.07) is 11.8. The van der Waals surface area contributed by atoms with Crippen LogP contribution < -0.4 is 0 Å². The third-order valence-corrected chi connectivity index (χ3v) is 3.36. The molecule has 0 amide bonds. The summed E-state index contributed by atoms with van der Waals surface area (Å²) < 4.78 is 13.6. The van der Waals surface area contributed by atoms with Crippen LogP contribution in [-0.2, 0) is 0 Å². The number of hydrogen-bond acceptors (Lipinski definition) is 2. The Bertz CT molecular complexity index is 806. The zero-order chi connectivity index (χ0) is 14.1. The lowest BCUT2D eigenvalue weighted by Gasteiger charge is -2.06. The van der Waals surface area contributed by atoms with Crippen LogP contribution in [0.5, 0.6) is 0 Å². The van der Waals surface area contributed by atoms with Gasteiger partial charge in [0.1, 0.15) is 5.82 Å². The summed E-state index contributed by atoms with van der Waals surface area (Å²) in [5.41, 5.74) is 1.45. The normalized spacial score (nSPS) is 10.7. The van der Waals surface area contributed by atoms with Gasteiger partial charge in [-0.2, -0.15) is 0 Å². The lowest BCUT2D eigenvalue weighted by molar-refractivity contribution is 0.104. The van der Waals surface area contributed by atoms with Crippen LogP contribution >= 0.6 is 0 Å². The van der Waals surface area contributed by atoms with E-state index < -0.39 is 0 Å². The summed E-state index contributed by atoms with van der Waals surface area (Å²) in [5.74, 6) is -0.543. The van der Waals surface area contributed by atoms with Crippen LogP contribution in [0.2, 0.25) is 0 Å². The van der Waals surface area contributed by atoms with Gasteiger partial charge in [0, 0.05) is 28.9 Å². The molecule has 1 heterocycles. The van der Waals surface area contributed by atoms with Crippen molar-refractivity contribution in [1.29, 1.82) is 0 Å². The first-order valence-electron chi connectivity index (χ1n) is 6.30. The van der Waals surface area contributed by atoms with Gasteiger partial charge in [0.15, 0.2) is 5.78 Å². The van der Waals surface area contributed by atoms with Crippen molar-refractivity contribution in [3.8, 4) is 0 Å². The molecule has 3 rings (SSSR count). The first kappa shape index (κ1) is 12.5. The molecular formula is C17H12FNO. The van der Waals surface area contributed by atoms with Gasteiger partial charge in [-0.15, -0.1) is 0 Å². The maximum absolute atomic E-state index is 13.6. The monoisotopic (exact) mass is 265 g/mol. The number of hydrogen-bond donors (Lipinski definition) is 0. The summed E-state index contributed by atoms with van der Waals surface area (Å²) in [6.07, 6.45) is 3.36. The molecule has 2 nitrogen and oxygen atoms in total. The minimum Gasteiger partial charge on any atom is -0.289 e. The highest BCUT2D eigenvalue weighted by Crippen LogP contribution is 2.21. The molecule has 0 aliphatic carbocycles. The Balaban J connectivity index is 2.15. The van der Waals surface area contributed by atoms with Gasteiger partial charge in [-0.25, -0.2) is 4.39 Å². The van der Waals surface area contributed by atoms with Crippen molar-refractivity contribution in [2.75, 3.05) is 0 Å². The Hall–Kier alpha value is -2.55. The Labute approximate surface area is 115 Å². The fraction of sp³-hybridized carbons (Fsp3) is 0.0588. The van der Waals surface area contributed by atoms with E-state index in [1.54, 1.807) is 43.6 Å². The average molecular weight is 265 g/mol. The molecule has 1 aromatic heterocycles. The lowest BCUT2D eigenvalue weighted by atomic mass is 9.97. The fourth-order valence-corrected chi connectivity index (χ4v) is 2.21. The molecule has 20 heavy (non-hydrogen) atoms. The molecule has 0 aliphatic heterocycles. The number of rotatable bonds is 2. The number of carbonyl (C=O) groups is 1. The van der Waals surface area contributed by atoms with Crippen LogP contribution in [0.3, 0.4) is 0 Å². The average Bonchev–Trinajstić information content (AvgIpc) is 2.49. The number of pyridine rings is 1. The molecule has 0 radical (unpaired) electrons. The number of carbonyl (C=O) groups excluding carboxylic acids is 1. The van der Waals surface area contributed by atoms with E-state index in [9.17, 15) is 9.18 Å². The third-order valence-electron chi connectivity index (χ3n) is 3.36. The molecule has 0 aliphatic rings. The van der Waals surface area contributed by atoms with Gasteiger partial charge in [-0.05, 0) is 30.0 Å². The van der Waals surface area contributed by atoms with Gasteiger partial charge < -0.3 is 0 Å². The van der Waals surface area contributed by atoms with Crippen LogP contribution in [0.25, 0.3) is 10.8 Å². The topological polar surface area (TPSA) is 30.0 Å². The van der Waals surface area contributed by atoms with E-state index in [2.05, 4.69) is 4.98 Å². The lowest BCUT2D eigenvalue weighted by Crippen LogP contribution is -2.03. The first-order chi connectivity index (χ1) is 9.66. The highest BCUT2D eigenvalue weighted by Gasteiger charge is 2.13. The SMILES string of the molecule is Cc1ccc(C(=O)c2cccc3cnccc23)cc1F. The maximum Gasteiger partial charge on any atom is 0.193 e. The maximum atomic E-state index is 13.6. The van der Waals surface area contributed by atoms with E-state index in [-0.39, 0.29) is 11.6 Å². The standard InChI is InChI=1S/C17H12FNO/c1-11-5-6-12(9-16(11)18)17(20)15-4-2-3-13-10-19-8-7-14(13)15/h2-10H,1H3. The summed E-state index contributed by atoms with van der Waals surface area (Å²) in [5, 5.41) is 1.72. The predicted molar refractivity (Wildman–Crippen MR) is 76.3 cm³/mol. The van der Waals surface area contributed by atoms with Crippen molar-refractivity contribution in [3.05, 3.63) is 77.4 Å². The third kappa shape index (κ3) is 2.07. The summed E-state index contributed by atoms with van der Waals surface area (Å²) in [4.78, 5) is 16.6. The number of fused-ring (bicyclic) bond motifs is 1. The second-order valence-corrected chi connectivity index (χ2v) is 4.70. The highest BCUT2D eigenvalue weighted by molar-refractivity contribution is 6.16. The Morgan fingerprint density at radius 1 is 1.15 bits per heavy atom. The molecule has 0 N–H and O–H groups in total. The van der Waals surface area contributed by atoms with Crippen LogP contribution in [0, 0.1) is 12.7 Å². The second kappa shape index (κ2) is 4.85. The van der Waals surface area contributed by atoms with Crippen molar-refractivity contribution >= 4 is 16.6 Å². The van der Waals surface area contributed by atoms with Gasteiger partial charge in [0.2, 0.25) is 0 Å². The fourth-order valence-electron chi connectivity index (χ4n) is 2.21. The molecule has 0 bridgehead atoms. The van der Waals surface area contributed by atoms with Gasteiger partial charge in [-0.1, -0.05) is 30.3 Å². The number of ketones is 1. The largest absolute Gasteiger partial charge is 0.289 e. The molecule has 3 heteroatoms. The van der Waals surface area contributed by atoms with E-state index in [4.69, 9.17) is 0 Å². The van der Waals surface area contributed by atoms with E-state index in [1.165, 1.54) is 6.07 Å². The number of benzene rings is 2. The van der Waals surface area contributed by atoms with Gasteiger partial charge in [0.25, 0.3) is 0 Å². The van der Waals surface area contributed by atoms with Gasteiger partial charge in [-0.3, -0.25) is 9.78 Å². The van der Waals surface area contributed by atoms with Crippen molar-refractivity contribution in [3.63, 3.8) is 0 Å². The number of aryl methyl sites for hydroxylation is 1. The Morgan fingerprint density at radius 3 is 2.80 bits per heavy atom. The number of nitrogens with zero attached hydrogens (tertiary/aromatic N) is 1. The zero-order valence-corrected chi connectivity index (χ0v) is 10.9. The molecule has 0 fully saturated rings. The molecular weight excluding hydrogens is 253 g/mol. The minimum atomic E-state index is -0.363. The van der Waals surface area contributed by atoms with Crippen LogP contribution in [-0.4, -0.2) is 10.8 Å². The predicted octanol–water partition coefficient (Wildman–Crippen LogP) is 3.91. The van der Waals surface area contributed by atoms with Gasteiger partial charge in [0.05, 0.1) is 0 Å². The molecule has 0 saturated heterocycles. The highest BCUT2D eigenvalue weighted by atomic mass is 19.1. The minimum absolute atomic E-state index is 0.180. The summed E-state index contributed by atoms with van der Waals surface area (Å²) in [7, 11) is 0. The quantitative estimate of drug-likeness (QED) is 0.657. The Kier molecular flexibility index (Phi) is 3.03. The number of aromatic nitrogens is 1. The van der Waals surface area contributed by atoms with Crippen LogP contribution in [0.4, 0.5) is 4.39 Å². The smallest absolute Gasteiger partial charge is 0.193 e. The van der Waals surface area contributed by atoms with Gasteiger partial charge >= 0.3 is 0 Å². The molecule has 2 aromatic carbocycles. The van der Waals surface area contributed by atoms with E-state index in [0.29, 0.717) is 16.7 Å². The zero-order valence-electron chi connectivity index (χ0n) is 10.9. The van der Waals surface area contributed by atoms with E-state index >= 15 is 0 Å². The van der Waals surface area contributed by atoms with Crippen molar-refractivity contribution in [2.24, 2.45) is 0 Å². The van der Waals surface area contributed by atoms with E-state index in [0.717, 1.165) is 10.8 Å². The van der Waals surface area contributed by atoms with E-state index in [1.807, 2.05) is 12.1 Å². The summed E-state index contributed by atoms with van der Waals surface area (Å²) in [6.45, 7) is 1.67. The molecule has 98 valence electrons. The van der Waals surface area contributed by atoms with Crippen LogP contribution in [0.1, 0.15) is 21.5 Å². The number of halogens is 1. The van der Waals surface area contributed by atoms with Crippen molar-refractivity contribution in [1.82, 2.24) is 4.98 Å². The molecule has 3 aromatic rings. The van der Waals surface area contributed by atoms with Crippen molar-refractivity contribution in [2.45, 2.75) is 6.92 Å². The molecule has 0 spiro atoms. The molecule has 0 atom stereocenters. The van der Waals surface area contributed by atoms with Crippen molar-refractivity contribution < 1.29 is 9.18 Å². The summed E-state index contributed by atoms with van der Waals surface area (Å²) >= 11 is 0. The molecule has 0 saturated carbocycles. The molecule has 0 unspecified atom stereocenters.